The number of benzene rings is 2. The molecule has 0 saturated heterocycles. The molecule has 2 aromatic carbocycles. The zero-order valence-electron chi connectivity index (χ0n) is 15.8. The summed E-state index contributed by atoms with van der Waals surface area (Å²) in [5.41, 5.74) is 1.18. The Morgan fingerprint density at radius 2 is 2.10 bits per heavy atom. The van der Waals surface area contributed by atoms with Gasteiger partial charge in [0.05, 0.1) is 25.3 Å². The van der Waals surface area contributed by atoms with Gasteiger partial charge < -0.3 is 14.6 Å². The minimum absolute atomic E-state index is 0.196. The Morgan fingerprint density at radius 1 is 1.28 bits per heavy atom. The molecule has 0 bridgehead atoms. The maximum absolute atomic E-state index is 12.8. The lowest BCUT2D eigenvalue weighted by molar-refractivity contribution is 0.342. The predicted octanol–water partition coefficient (Wildman–Crippen LogP) is 4.42. The number of fused-ring (bicyclic) bond motifs is 1. The molecule has 0 aliphatic carbocycles. The third-order valence-electron chi connectivity index (χ3n) is 4.38. The first kappa shape index (κ1) is 21.1. The predicted molar refractivity (Wildman–Crippen MR) is 118 cm³/mol. The molecule has 0 saturated carbocycles. The molecule has 3 aromatic rings. The molecule has 150 valence electrons. The van der Waals surface area contributed by atoms with Gasteiger partial charge in [-0.3, -0.25) is 4.79 Å². The van der Waals surface area contributed by atoms with Crippen LogP contribution in [-0.4, -0.2) is 23.5 Å². The van der Waals surface area contributed by atoms with E-state index in [4.69, 9.17) is 27.4 Å². The van der Waals surface area contributed by atoms with E-state index in [1.165, 1.54) is 4.68 Å². The lowest BCUT2D eigenvalue weighted by Gasteiger charge is -2.13. The summed E-state index contributed by atoms with van der Waals surface area (Å²) >= 11 is 6.20. The van der Waals surface area contributed by atoms with Crippen molar-refractivity contribution in [3.05, 3.63) is 68.8 Å². The van der Waals surface area contributed by atoms with E-state index in [1.807, 2.05) is 12.1 Å². The van der Waals surface area contributed by atoms with Crippen molar-refractivity contribution in [1.29, 1.82) is 0 Å². The summed E-state index contributed by atoms with van der Waals surface area (Å²) in [6, 6.07) is 10.5. The fraction of sp³-hybridized carbons (Fsp3) is 0.250. The highest BCUT2D eigenvalue weighted by atomic mass is 35.5. The van der Waals surface area contributed by atoms with E-state index in [-0.39, 0.29) is 5.56 Å². The Bertz CT molecular complexity index is 1130. The van der Waals surface area contributed by atoms with Crippen molar-refractivity contribution in [1.82, 2.24) is 9.78 Å². The van der Waals surface area contributed by atoms with Gasteiger partial charge in [-0.05, 0) is 30.2 Å². The highest BCUT2D eigenvalue weighted by molar-refractivity contribution is 7.09. The minimum Gasteiger partial charge on any atom is -0.495 e. The summed E-state index contributed by atoms with van der Waals surface area (Å²) in [6.07, 6.45) is 0.648. The minimum atomic E-state index is -0.196. The number of hydrogen-bond donors (Lipinski definition) is 1. The fourth-order valence-corrected chi connectivity index (χ4v) is 3.38. The Morgan fingerprint density at radius 3 is 2.79 bits per heavy atom. The topological polar surface area (TPSA) is 69.7 Å². The van der Waals surface area contributed by atoms with Gasteiger partial charge in [0.25, 0.3) is 5.56 Å². The average molecular weight is 431 g/mol. The second-order valence-electron chi connectivity index (χ2n) is 6.27. The highest BCUT2D eigenvalue weighted by Crippen LogP contribution is 2.27. The van der Waals surface area contributed by atoms with Crippen LogP contribution in [0.1, 0.15) is 12.0 Å². The second-order valence-corrected chi connectivity index (χ2v) is 7.01. The number of aryl methyl sites for hydroxylation is 1. The van der Waals surface area contributed by atoms with Crippen LogP contribution >= 0.6 is 21.1 Å². The van der Waals surface area contributed by atoms with Crippen LogP contribution in [0.2, 0.25) is 5.02 Å². The van der Waals surface area contributed by atoms with Crippen LogP contribution < -0.4 is 15.6 Å². The number of hydrogen-bond acceptors (Lipinski definition) is 5. The summed E-state index contributed by atoms with van der Waals surface area (Å²) in [7, 11) is 3.76. The Balaban J connectivity index is 1.97. The van der Waals surface area contributed by atoms with Crippen molar-refractivity contribution in [2.24, 2.45) is 0 Å². The lowest BCUT2D eigenvalue weighted by atomic mass is 10.1. The van der Waals surface area contributed by atoms with Gasteiger partial charge in [-0.1, -0.05) is 29.8 Å². The standard InChI is InChI=1S/C20H20ClN4O3P/c1-22-14-5-6-15-16(11-14)19(24-25(20(15)26)8-3-9-28-29)23-12-13-4-7-18(27-2)17(21)10-13/h4-7,10-11H,3,8-9,12,29H2,2H3,(H,23,24). The molecule has 1 aromatic heterocycles. The van der Waals surface area contributed by atoms with Gasteiger partial charge >= 0.3 is 0 Å². The number of halogens is 1. The van der Waals surface area contributed by atoms with E-state index in [0.29, 0.717) is 59.2 Å². The average Bonchev–Trinajstić information content (AvgIpc) is 2.74. The quantitative estimate of drug-likeness (QED) is 0.325. The van der Waals surface area contributed by atoms with E-state index in [0.717, 1.165) is 5.56 Å². The van der Waals surface area contributed by atoms with Gasteiger partial charge in [-0.15, -0.1) is 0 Å². The van der Waals surface area contributed by atoms with Crippen LogP contribution in [0.15, 0.2) is 41.2 Å². The first-order chi connectivity index (χ1) is 14.1. The molecule has 0 fully saturated rings. The van der Waals surface area contributed by atoms with Crippen LogP contribution in [0.4, 0.5) is 11.5 Å². The zero-order chi connectivity index (χ0) is 20.8. The molecule has 3 rings (SSSR count). The summed E-state index contributed by atoms with van der Waals surface area (Å²) < 4.78 is 11.6. The molecule has 29 heavy (non-hydrogen) atoms. The molecule has 7 nitrogen and oxygen atoms in total. The molecular formula is C20H20ClN4O3P. The monoisotopic (exact) mass is 430 g/mol. The Labute approximate surface area is 175 Å². The van der Waals surface area contributed by atoms with Gasteiger partial charge in [0.2, 0.25) is 0 Å². The van der Waals surface area contributed by atoms with E-state index in [9.17, 15) is 4.79 Å². The van der Waals surface area contributed by atoms with Crippen molar-refractivity contribution in [3.63, 3.8) is 0 Å². The Kier molecular flexibility index (Phi) is 7.05. The molecule has 9 heteroatoms. The van der Waals surface area contributed by atoms with Crippen LogP contribution in [-0.2, 0) is 17.6 Å². The van der Waals surface area contributed by atoms with Crippen molar-refractivity contribution in [3.8, 4) is 5.75 Å². The number of nitrogens with zero attached hydrogens (tertiary/aromatic N) is 3. The van der Waals surface area contributed by atoms with Crippen LogP contribution in [0.25, 0.3) is 15.6 Å². The summed E-state index contributed by atoms with van der Waals surface area (Å²) in [4.78, 5) is 16.2. The molecule has 1 unspecified atom stereocenters. The smallest absolute Gasteiger partial charge is 0.274 e. The summed E-state index contributed by atoms with van der Waals surface area (Å²) in [5, 5.41) is 9.40. The van der Waals surface area contributed by atoms with Crippen molar-refractivity contribution < 1.29 is 9.26 Å². The maximum Gasteiger partial charge on any atom is 0.274 e. The van der Waals surface area contributed by atoms with Crippen molar-refractivity contribution in [2.45, 2.75) is 19.5 Å². The number of ether oxygens (including phenoxy) is 1. The first-order valence-corrected chi connectivity index (χ1v) is 9.72. The zero-order valence-corrected chi connectivity index (χ0v) is 17.7. The third-order valence-corrected chi connectivity index (χ3v) is 4.91. The number of aromatic nitrogens is 2. The third kappa shape index (κ3) is 4.86. The molecule has 0 spiro atoms. The number of rotatable bonds is 8. The molecule has 0 aliphatic heterocycles. The van der Waals surface area contributed by atoms with Gasteiger partial charge in [0, 0.05) is 33.3 Å². The molecule has 0 aliphatic rings. The molecule has 0 radical (unpaired) electrons. The second kappa shape index (κ2) is 9.71. The van der Waals surface area contributed by atoms with Crippen LogP contribution in [0.3, 0.4) is 0 Å². The molecule has 1 N–H and O–H groups in total. The van der Waals surface area contributed by atoms with E-state index >= 15 is 0 Å². The SMILES string of the molecule is [C-]#[N+]c1ccc2c(=O)n(CCCOP)nc(NCc3ccc(OC)c(Cl)c3)c2c1. The molecule has 1 heterocycles. The molecule has 1 atom stereocenters. The van der Waals surface area contributed by atoms with Crippen molar-refractivity contribution >= 4 is 43.3 Å². The van der Waals surface area contributed by atoms with Crippen LogP contribution in [0.5, 0.6) is 5.75 Å². The number of anilines is 1. The van der Waals surface area contributed by atoms with Gasteiger partial charge in [-0.2, -0.15) is 5.10 Å². The van der Waals surface area contributed by atoms with Gasteiger partial charge in [0.1, 0.15) is 5.75 Å². The lowest BCUT2D eigenvalue weighted by Crippen LogP contribution is -2.25. The van der Waals surface area contributed by atoms with E-state index in [1.54, 1.807) is 31.4 Å². The highest BCUT2D eigenvalue weighted by Gasteiger charge is 2.12. The van der Waals surface area contributed by atoms with Crippen LogP contribution in [0, 0.1) is 6.57 Å². The normalized spacial score (nSPS) is 10.7. The summed E-state index contributed by atoms with van der Waals surface area (Å²) in [5.74, 6) is 1.13. The van der Waals surface area contributed by atoms with E-state index < -0.39 is 0 Å². The van der Waals surface area contributed by atoms with Crippen molar-refractivity contribution in [2.75, 3.05) is 19.0 Å². The van der Waals surface area contributed by atoms with Gasteiger partial charge in [0.15, 0.2) is 11.5 Å². The maximum atomic E-state index is 12.8. The summed E-state index contributed by atoms with van der Waals surface area (Å²) in [6.45, 7) is 8.63. The van der Waals surface area contributed by atoms with Gasteiger partial charge in [-0.25, -0.2) is 9.53 Å². The number of nitrogens with one attached hydrogen (secondary N) is 1. The Hall–Kier alpha value is -2.65. The largest absolute Gasteiger partial charge is 0.495 e. The number of methoxy groups -OCH3 is 1. The fourth-order valence-electron chi connectivity index (χ4n) is 2.93. The first-order valence-electron chi connectivity index (χ1n) is 8.87. The van der Waals surface area contributed by atoms with E-state index in [2.05, 4.69) is 24.7 Å². The molecular weight excluding hydrogens is 411 g/mol. The molecule has 0 amide bonds.